The Labute approximate surface area is 115 Å². The zero-order chi connectivity index (χ0) is 13.9. The van der Waals surface area contributed by atoms with E-state index in [9.17, 15) is 14.7 Å². The molecule has 0 radical (unpaired) electrons. The van der Waals surface area contributed by atoms with Gasteiger partial charge in [-0.2, -0.15) is 11.8 Å². The fourth-order valence-corrected chi connectivity index (χ4v) is 2.97. The molecular formula is C13H15NO4S. The van der Waals surface area contributed by atoms with E-state index in [1.165, 1.54) is 23.7 Å². The molecule has 19 heavy (non-hydrogen) atoms. The predicted octanol–water partition coefficient (Wildman–Crippen LogP) is 1.83. The van der Waals surface area contributed by atoms with Gasteiger partial charge in [-0.1, -0.05) is 30.3 Å². The number of carbonyl (C=O) groups is 2. The quantitative estimate of drug-likeness (QED) is 0.912. The lowest BCUT2D eigenvalue weighted by Crippen LogP contribution is -2.63. The van der Waals surface area contributed by atoms with Crippen molar-refractivity contribution in [3.8, 4) is 0 Å². The van der Waals surface area contributed by atoms with E-state index < -0.39 is 17.6 Å². The molecular weight excluding hydrogens is 266 g/mol. The van der Waals surface area contributed by atoms with Gasteiger partial charge in [0.05, 0.1) is 0 Å². The van der Waals surface area contributed by atoms with Crippen molar-refractivity contribution < 1.29 is 19.4 Å². The Kier molecular flexibility index (Phi) is 3.99. The summed E-state index contributed by atoms with van der Waals surface area (Å²) in [7, 11) is 1.47. The van der Waals surface area contributed by atoms with Crippen LogP contribution in [0.25, 0.3) is 0 Å². The number of carboxylic acid groups (broad SMARTS) is 1. The number of carbonyl (C=O) groups excluding carboxylic acids is 1. The average Bonchev–Trinajstić information content (AvgIpc) is 2.35. The molecule has 0 bridgehead atoms. The van der Waals surface area contributed by atoms with Gasteiger partial charge >= 0.3 is 12.1 Å². The smallest absolute Gasteiger partial charge is 0.410 e. The van der Waals surface area contributed by atoms with Crippen molar-refractivity contribution in [1.82, 2.24) is 4.90 Å². The van der Waals surface area contributed by atoms with Crippen LogP contribution in [0.3, 0.4) is 0 Å². The molecule has 0 spiro atoms. The van der Waals surface area contributed by atoms with Crippen LogP contribution >= 0.6 is 11.8 Å². The molecule has 0 unspecified atom stereocenters. The molecule has 0 atom stereocenters. The van der Waals surface area contributed by atoms with Crippen LogP contribution in [0, 0.1) is 0 Å². The average molecular weight is 281 g/mol. The van der Waals surface area contributed by atoms with E-state index >= 15 is 0 Å². The van der Waals surface area contributed by atoms with Crippen LogP contribution < -0.4 is 0 Å². The molecule has 1 aliphatic rings. The summed E-state index contributed by atoms with van der Waals surface area (Å²) in [6, 6.07) is 9.28. The highest BCUT2D eigenvalue weighted by Gasteiger charge is 2.51. The lowest BCUT2D eigenvalue weighted by Gasteiger charge is -2.43. The van der Waals surface area contributed by atoms with Gasteiger partial charge in [-0.15, -0.1) is 0 Å². The van der Waals surface area contributed by atoms with Crippen LogP contribution in [0.4, 0.5) is 4.79 Å². The number of hydrogen-bond donors (Lipinski definition) is 1. The summed E-state index contributed by atoms with van der Waals surface area (Å²) in [5.74, 6) is -0.177. The molecule has 0 aromatic heterocycles. The summed E-state index contributed by atoms with van der Waals surface area (Å²) in [5, 5.41) is 9.23. The molecule has 1 fully saturated rings. The lowest BCUT2D eigenvalue weighted by molar-refractivity contribution is -0.147. The molecule has 1 amide bonds. The Morgan fingerprint density at radius 1 is 1.37 bits per heavy atom. The number of thioether (sulfide) groups is 1. The van der Waals surface area contributed by atoms with Crippen LogP contribution in [-0.2, 0) is 16.1 Å². The highest BCUT2D eigenvalue weighted by molar-refractivity contribution is 8.01. The first-order valence-corrected chi connectivity index (χ1v) is 6.97. The van der Waals surface area contributed by atoms with Crippen molar-refractivity contribution in [2.75, 3.05) is 18.6 Å². The van der Waals surface area contributed by atoms with Crippen LogP contribution in [0.1, 0.15) is 5.56 Å². The van der Waals surface area contributed by atoms with Crippen molar-refractivity contribution >= 4 is 23.8 Å². The first kappa shape index (κ1) is 13.7. The van der Waals surface area contributed by atoms with Gasteiger partial charge in [0.25, 0.3) is 0 Å². The second-order valence-electron chi connectivity index (χ2n) is 4.43. The van der Waals surface area contributed by atoms with Gasteiger partial charge < -0.3 is 9.84 Å². The Balaban J connectivity index is 1.94. The highest BCUT2D eigenvalue weighted by Crippen LogP contribution is 2.35. The normalized spacial score (nSPS) is 16.3. The van der Waals surface area contributed by atoms with E-state index in [4.69, 9.17) is 4.74 Å². The van der Waals surface area contributed by atoms with Crippen molar-refractivity contribution in [2.24, 2.45) is 0 Å². The molecule has 1 heterocycles. The number of aliphatic carboxylic acids is 1. The van der Waals surface area contributed by atoms with Crippen LogP contribution in [0.5, 0.6) is 0 Å². The summed E-state index contributed by atoms with van der Waals surface area (Å²) >= 11 is 1.50. The van der Waals surface area contributed by atoms with E-state index in [1.807, 2.05) is 30.3 Å². The Hall–Kier alpha value is -1.69. The maximum absolute atomic E-state index is 11.9. The molecule has 0 saturated carbocycles. The molecule has 2 rings (SSSR count). The standard InChI is InChI=1S/C13H15NO4S/c1-14(13(11(15)16)8-19-9-13)12(17)18-7-10-5-3-2-4-6-10/h2-6H,7-9H2,1H3,(H,15,16). The van der Waals surface area contributed by atoms with E-state index in [2.05, 4.69) is 0 Å². The van der Waals surface area contributed by atoms with E-state index in [0.717, 1.165) is 5.56 Å². The second-order valence-corrected chi connectivity index (χ2v) is 5.41. The topological polar surface area (TPSA) is 66.8 Å². The fraction of sp³-hybridized carbons (Fsp3) is 0.385. The van der Waals surface area contributed by atoms with Crippen LogP contribution in [0.2, 0.25) is 0 Å². The fourth-order valence-electron chi connectivity index (χ4n) is 1.75. The van der Waals surface area contributed by atoms with Gasteiger partial charge in [0.1, 0.15) is 6.61 Å². The van der Waals surface area contributed by atoms with Gasteiger partial charge in [-0.25, -0.2) is 9.59 Å². The molecule has 102 valence electrons. The molecule has 1 aliphatic heterocycles. The molecule has 0 aliphatic carbocycles. The third kappa shape index (κ3) is 2.68. The summed E-state index contributed by atoms with van der Waals surface area (Å²) in [4.78, 5) is 24.3. The maximum Gasteiger partial charge on any atom is 0.410 e. The number of nitrogens with zero attached hydrogens (tertiary/aromatic N) is 1. The van der Waals surface area contributed by atoms with E-state index in [-0.39, 0.29) is 6.61 Å². The predicted molar refractivity (Wildman–Crippen MR) is 72.1 cm³/mol. The molecule has 5 nitrogen and oxygen atoms in total. The molecule has 1 N–H and O–H groups in total. The third-order valence-electron chi connectivity index (χ3n) is 3.20. The number of likely N-dealkylation sites (N-methyl/N-ethyl adjacent to an activating group) is 1. The van der Waals surface area contributed by atoms with Crippen molar-refractivity contribution in [1.29, 1.82) is 0 Å². The highest BCUT2D eigenvalue weighted by atomic mass is 32.2. The van der Waals surface area contributed by atoms with Gasteiger partial charge in [-0.3, -0.25) is 4.90 Å². The Morgan fingerprint density at radius 2 is 2.00 bits per heavy atom. The summed E-state index contributed by atoms with van der Waals surface area (Å²) in [6.07, 6.45) is -0.605. The number of rotatable bonds is 4. The molecule has 1 aromatic rings. The van der Waals surface area contributed by atoms with Gasteiger partial charge in [0.2, 0.25) is 0 Å². The number of hydrogen-bond acceptors (Lipinski definition) is 4. The zero-order valence-electron chi connectivity index (χ0n) is 10.5. The van der Waals surface area contributed by atoms with E-state index in [0.29, 0.717) is 11.5 Å². The number of carboxylic acids is 1. The van der Waals surface area contributed by atoms with Crippen molar-refractivity contribution in [2.45, 2.75) is 12.1 Å². The Morgan fingerprint density at radius 3 is 2.47 bits per heavy atom. The minimum absolute atomic E-state index is 0.146. The lowest BCUT2D eigenvalue weighted by atomic mass is 10.0. The van der Waals surface area contributed by atoms with Crippen LogP contribution in [-0.4, -0.2) is 46.2 Å². The summed E-state index contributed by atoms with van der Waals surface area (Å²) in [6.45, 7) is 0.146. The largest absolute Gasteiger partial charge is 0.479 e. The third-order valence-corrected chi connectivity index (χ3v) is 4.56. The number of ether oxygens (including phenoxy) is 1. The van der Waals surface area contributed by atoms with E-state index in [1.54, 1.807) is 0 Å². The first-order chi connectivity index (χ1) is 9.06. The van der Waals surface area contributed by atoms with Gasteiger partial charge in [0.15, 0.2) is 5.54 Å². The Bertz CT molecular complexity index is 473. The molecule has 6 heteroatoms. The number of benzene rings is 1. The SMILES string of the molecule is CN(C(=O)OCc1ccccc1)C1(C(=O)O)CSC1. The maximum atomic E-state index is 11.9. The first-order valence-electron chi connectivity index (χ1n) is 5.82. The van der Waals surface area contributed by atoms with Gasteiger partial charge in [-0.05, 0) is 5.56 Å². The monoisotopic (exact) mass is 281 g/mol. The summed E-state index contributed by atoms with van der Waals surface area (Å²) in [5.41, 5.74) is -0.241. The minimum atomic E-state index is -1.11. The second kappa shape index (κ2) is 5.52. The van der Waals surface area contributed by atoms with Crippen molar-refractivity contribution in [3.63, 3.8) is 0 Å². The summed E-state index contributed by atoms with van der Waals surface area (Å²) < 4.78 is 5.14. The minimum Gasteiger partial charge on any atom is -0.479 e. The molecule has 1 saturated heterocycles. The van der Waals surface area contributed by atoms with Gasteiger partial charge in [0, 0.05) is 18.6 Å². The van der Waals surface area contributed by atoms with Crippen LogP contribution in [0.15, 0.2) is 30.3 Å². The van der Waals surface area contributed by atoms with Crippen molar-refractivity contribution in [3.05, 3.63) is 35.9 Å². The zero-order valence-corrected chi connectivity index (χ0v) is 11.4. The number of amides is 1. The molecule has 1 aromatic carbocycles.